The van der Waals surface area contributed by atoms with E-state index in [1.54, 1.807) is 7.11 Å². The quantitative estimate of drug-likeness (QED) is 0.845. The highest BCUT2D eigenvalue weighted by molar-refractivity contribution is 5.82. The summed E-state index contributed by atoms with van der Waals surface area (Å²) < 4.78 is 11.4. The van der Waals surface area contributed by atoms with E-state index in [0.717, 1.165) is 38.1 Å². The van der Waals surface area contributed by atoms with Crippen molar-refractivity contribution in [2.75, 3.05) is 33.8 Å². The molecule has 0 aromatic heterocycles. The molecule has 2 saturated heterocycles. The molecule has 1 amide bonds. The smallest absolute Gasteiger partial charge is 0.253 e. The second-order valence-electron chi connectivity index (χ2n) is 7.00. The van der Waals surface area contributed by atoms with Gasteiger partial charge in [-0.25, -0.2) is 0 Å². The van der Waals surface area contributed by atoms with Crippen LogP contribution in [-0.4, -0.2) is 67.7 Å². The number of ether oxygens (including phenoxy) is 2. The number of benzene rings is 1. The van der Waals surface area contributed by atoms with Gasteiger partial charge >= 0.3 is 0 Å². The molecule has 0 bridgehead atoms. The second-order valence-corrected chi connectivity index (χ2v) is 7.00. The molecule has 132 valence electrons. The Morgan fingerprint density at radius 2 is 2.12 bits per heavy atom. The highest BCUT2D eigenvalue weighted by atomic mass is 16.5. The Morgan fingerprint density at radius 1 is 1.33 bits per heavy atom. The van der Waals surface area contributed by atoms with Crippen LogP contribution < -0.4 is 4.74 Å². The van der Waals surface area contributed by atoms with Crippen molar-refractivity contribution in [3.05, 3.63) is 29.8 Å². The summed E-state index contributed by atoms with van der Waals surface area (Å²) in [5, 5.41) is 0. The molecule has 0 spiro atoms. The van der Waals surface area contributed by atoms with Gasteiger partial charge in [0.1, 0.15) is 11.9 Å². The normalized spacial score (nSPS) is 28.1. The van der Waals surface area contributed by atoms with Crippen LogP contribution in [0.4, 0.5) is 0 Å². The van der Waals surface area contributed by atoms with E-state index in [1.165, 1.54) is 5.56 Å². The SMILES string of the molecule is COc1ccccc1CC1CCCN1C(=O)[C@@H]1CN(C)C[C@H](C)O1. The maximum Gasteiger partial charge on any atom is 0.253 e. The Morgan fingerprint density at radius 3 is 2.88 bits per heavy atom. The van der Waals surface area contributed by atoms with Crippen molar-refractivity contribution >= 4 is 5.91 Å². The van der Waals surface area contributed by atoms with Gasteiger partial charge in [-0.05, 0) is 44.9 Å². The van der Waals surface area contributed by atoms with Crippen molar-refractivity contribution in [2.24, 2.45) is 0 Å². The van der Waals surface area contributed by atoms with Crippen LogP contribution in [-0.2, 0) is 16.0 Å². The third kappa shape index (κ3) is 3.73. The molecule has 1 aromatic rings. The lowest BCUT2D eigenvalue weighted by Gasteiger charge is -2.37. The van der Waals surface area contributed by atoms with Crippen LogP contribution in [0.1, 0.15) is 25.3 Å². The maximum atomic E-state index is 13.0. The van der Waals surface area contributed by atoms with Crippen LogP contribution in [0.15, 0.2) is 24.3 Å². The van der Waals surface area contributed by atoms with Crippen LogP contribution in [0.3, 0.4) is 0 Å². The fourth-order valence-electron chi connectivity index (χ4n) is 3.95. The van der Waals surface area contributed by atoms with Crippen LogP contribution in [0.2, 0.25) is 0 Å². The molecule has 1 unspecified atom stereocenters. The molecule has 3 rings (SSSR count). The number of nitrogens with zero attached hydrogens (tertiary/aromatic N) is 2. The first-order chi connectivity index (χ1) is 11.6. The van der Waals surface area contributed by atoms with Gasteiger partial charge in [0.2, 0.25) is 0 Å². The van der Waals surface area contributed by atoms with Gasteiger partial charge in [-0.2, -0.15) is 0 Å². The Kier molecular flexibility index (Phi) is 5.41. The lowest BCUT2D eigenvalue weighted by atomic mass is 10.0. The summed E-state index contributed by atoms with van der Waals surface area (Å²) in [5.74, 6) is 1.05. The Hall–Kier alpha value is -1.59. The van der Waals surface area contributed by atoms with Crippen molar-refractivity contribution < 1.29 is 14.3 Å². The zero-order chi connectivity index (χ0) is 17.1. The van der Waals surface area contributed by atoms with Crippen molar-refractivity contribution in [1.82, 2.24) is 9.80 Å². The van der Waals surface area contributed by atoms with Gasteiger partial charge in [0.05, 0.1) is 13.2 Å². The largest absolute Gasteiger partial charge is 0.496 e. The number of hydrogen-bond donors (Lipinski definition) is 0. The molecule has 2 aliphatic heterocycles. The predicted octanol–water partition coefficient (Wildman–Crippen LogP) is 1.95. The second kappa shape index (κ2) is 7.53. The van der Waals surface area contributed by atoms with E-state index in [1.807, 2.05) is 30.0 Å². The standard InChI is InChI=1S/C19H28N2O3/c1-14-12-20(2)13-18(24-14)19(22)21-10-6-8-16(21)11-15-7-4-5-9-17(15)23-3/h4-5,7,9,14,16,18H,6,8,10-13H2,1-3H3/t14-,16?,18-/m0/s1. The summed E-state index contributed by atoms with van der Waals surface area (Å²) in [6, 6.07) is 8.32. The third-order valence-electron chi connectivity index (χ3n) is 5.03. The minimum absolute atomic E-state index is 0.105. The first-order valence-electron chi connectivity index (χ1n) is 8.85. The van der Waals surface area contributed by atoms with E-state index in [4.69, 9.17) is 9.47 Å². The van der Waals surface area contributed by atoms with Crippen LogP contribution in [0, 0.1) is 0 Å². The van der Waals surface area contributed by atoms with E-state index >= 15 is 0 Å². The molecule has 2 heterocycles. The van der Waals surface area contributed by atoms with E-state index < -0.39 is 0 Å². The van der Waals surface area contributed by atoms with Crippen molar-refractivity contribution in [3.8, 4) is 5.75 Å². The zero-order valence-corrected chi connectivity index (χ0v) is 14.9. The average molecular weight is 332 g/mol. The van der Waals surface area contributed by atoms with E-state index in [9.17, 15) is 4.79 Å². The van der Waals surface area contributed by atoms with Crippen LogP contribution in [0.5, 0.6) is 5.75 Å². The molecular weight excluding hydrogens is 304 g/mol. The number of para-hydroxylation sites is 1. The highest BCUT2D eigenvalue weighted by Gasteiger charge is 2.37. The molecule has 5 heteroatoms. The number of carbonyl (C=O) groups excluding carboxylic acids is 1. The van der Waals surface area contributed by atoms with E-state index in [0.29, 0.717) is 6.54 Å². The van der Waals surface area contributed by atoms with Crippen LogP contribution >= 0.6 is 0 Å². The summed E-state index contributed by atoms with van der Waals surface area (Å²) in [6.07, 6.45) is 2.71. The van der Waals surface area contributed by atoms with Gasteiger partial charge in [-0.1, -0.05) is 18.2 Å². The number of methoxy groups -OCH3 is 1. The van der Waals surface area contributed by atoms with Gasteiger partial charge < -0.3 is 19.3 Å². The molecule has 1 aromatic carbocycles. The fraction of sp³-hybridized carbons (Fsp3) is 0.632. The summed E-state index contributed by atoms with van der Waals surface area (Å²) in [7, 11) is 3.75. The van der Waals surface area contributed by atoms with E-state index in [-0.39, 0.29) is 24.2 Å². The predicted molar refractivity (Wildman–Crippen MR) is 93.3 cm³/mol. The third-order valence-corrected chi connectivity index (χ3v) is 5.03. The van der Waals surface area contributed by atoms with Gasteiger partial charge in [0.25, 0.3) is 5.91 Å². The van der Waals surface area contributed by atoms with E-state index in [2.05, 4.69) is 18.0 Å². The van der Waals surface area contributed by atoms with Gasteiger partial charge in [-0.3, -0.25) is 4.79 Å². The summed E-state index contributed by atoms with van der Waals surface area (Å²) >= 11 is 0. The van der Waals surface area contributed by atoms with Crippen molar-refractivity contribution in [1.29, 1.82) is 0 Å². The molecule has 24 heavy (non-hydrogen) atoms. The van der Waals surface area contributed by atoms with Crippen molar-refractivity contribution in [2.45, 2.75) is 44.4 Å². The first kappa shape index (κ1) is 17.2. The van der Waals surface area contributed by atoms with Gasteiger partial charge in [-0.15, -0.1) is 0 Å². The van der Waals surface area contributed by atoms with Crippen LogP contribution in [0.25, 0.3) is 0 Å². The monoisotopic (exact) mass is 332 g/mol. The maximum absolute atomic E-state index is 13.0. The average Bonchev–Trinajstić information content (AvgIpc) is 3.02. The Balaban J connectivity index is 1.69. The fourth-order valence-corrected chi connectivity index (χ4v) is 3.95. The lowest BCUT2D eigenvalue weighted by molar-refractivity contribution is -0.156. The highest BCUT2D eigenvalue weighted by Crippen LogP contribution is 2.27. The lowest BCUT2D eigenvalue weighted by Crippen LogP contribution is -2.53. The Bertz CT molecular complexity index is 567. The summed E-state index contributed by atoms with van der Waals surface area (Å²) in [5.41, 5.74) is 1.17. The number of amides is 1. The zero-order valence-electron chi connectivity index (χ0n) is 14.9. The molecule has 0 saturated carbocycles. The summed E-state index contributed by atoms with van der Waals surface area (Å²) in [6.45, 7) is 4.43. The molecule has 3 atom stereocenters. The molecule has 2 fully saturated rings. The molecule has 5 nitrogen and oxygen atoms in total. The molecule has 0 radical (unpaired) electrons. The molecule has 0 aliphatic carbocycles. The Labute approximate surface area is 144 Å². The minimum Gasteiger partial charge on any atom is -0.496 e. The number of likely N-dealkylation sites (tertiary alicyclic amines) is 1. The molecular formula is C19H28N2O3. The van der Waals surface area contributed by atoms with Crippen molar-refractivity contribution in [3.63, 3.8) is 0 Å². The molecule has 0 N–H and O–H groups in total. The number of hydrogen-bond acceptors (Lipinski definition) is 4. The first-order valence-corrected chi connectivity index (χ1v) is 8.85. The number of morpholine rings is 1. The van der Waals surface area contributed by atoms with Gasteiger partial charge in [0.15, 0.2) is 0 Å². The summed E-state index contributed by atoms with van der Waals surface area (Å²) in [4.78, 5) is 17.2. The number of likely N-dealkylation sites (N-methyl/N-ethyl adjacent to an activating group) is 1. The molecule has 2 aliphatic rings. The van der Waals surface area contributed by atoms with Gasteiger partial charge in [0, 0.05) is 25.7 Å². The number of carbonyl (C=O) groups is 1. The number of rotatable bonds is 4. The minimum atomic E-state index is -0.336. The topological polar surface area (TPSA) is 42.0 Å².